The summed E-state index contributed by atoms with van der Waals surface area (Å²) in [7, 11) is -18.7. The van der Waals surface area contributed by atoms with Crippen molar-refractivity contribution in [1.82, 2.24) is 0 Å². The molecule has 322 valence electrons. The van der Waals surface area contributed by atoms with Crippen LogP contribution < -0.4 is 25.5 Å². The third-order valence-corrected chi connectivity index (χ3v) is 9.79. The van der Waals surface area contributed by atoms with Gasteiger partial charge in [0.15, 0.2) is 27.4 Å². The van der Waals surface area contributed by atoms with E-state index >= 15 is 0 Å². The van der Waals surface area contributed by atoms with Crippen molar-refractivity contribution >= 4 is 59.9 Å². The van der Waals surface area contributed by atoms with E-state index in [9.17, 15) is 40.5 Å². The van der Waals surface area contributed by atoms with Crippen LogP contribution in [0.2, 0.25) is 39.3 Å². The standard InChI is InChI=1S/C18H15OP.2C4H8O.2C3H9OSi.2CHF3O3S.U/c19-20(16-10-4-1-5-11-16,17-12-6-2-7-13-17)18-14-8-3-9-15-18;2*1-2-4-5-3-1;2*1-5(2,3)4;2*2-1(3,4)8(5,6)7;/h1-15H;2*1-4H2;2*1-3H3;2*(H,5,6,7);/q;;;2*-1;;;+4/p-2. The molecule has 2 aliphatic heterocycles. The summed E-state index contributed by atoms with van der Waals surface area (Å²) in [6, 6.07) is 29.1. The summed E-state index contributed by atoms with van der Waals surface area (Å²) in [6.07, 6.45) is 5.11. The fraction of sp³-hybridized carbons (Fsp3) is 0.471. The molecule has 5 rings (SSSR count). The van der Waals surface area contributed by atoms with Crippen molar-refractivity contribution < 1.29 is 107 Å². The Morgan fingerprint density at radius 2 is 0.667 bits per heavy atom. The minimum Gasteiger partial charge on any atom is -0.859 e. The van der Waals surface area contributed by atoms with Crippen molar-refractivity contribution in [2.45, 2.75) is 76.0 Å². The Bertz CT molecular complexity index is 1550. The molecule has 0 N–H and O–H groups in total. The molecule has 0 spiro atoms. The van der Waals surface area contributed by atoms with Crippen LogP contribution in [0, 0.1) is 31.1 Å². The summed E-state index contributed by atoms with van der Waals surface area (Å²) in [5, 5.41) is 2.62. The number of hydrogen-bond donors (Lipinski definition) is 0. The molecule has 57 heavy (non-hydrogen) atoms. The van der Waals surface area contributed by atoms with E-state index in [1.165, 1.54) is 25.7 Å². The largest absolute Gasteiger partial charge is 4.00 e. The molecule has 3 aromatic carbocycles. The molecule has 0 radical (unpaired) electrons. The second kappa shape index (κ2) is 28.2. The number of benzene rings is 3. The van der Waals surface area contributed by atoms with Crippen molar-refractivity contribution in [3.05, 3.63) is 91.0 Å². The van der Waals surface area contributed by atoms with E-state index in [-0.39, 0.29) is 31.1 Å². The van der Waals surface area contributed by atoms with Crippen LogP contribution in [-0.2, 0) is 34.3 Å². The SMILES string of the molecule is C1CCOC1.C1CCOC1.C[Si](C)(C)[O-].C[Si](C)(C)[O-].O=P(c1ccccc1)(c1ccccc1)c1ccccc1.O=S(=O)([O-])C(F)(F)F.O=S(=O)([O-])C(F)(F)F.[U+4]. The van der Waals surface area contributed by atoms with Gasteiger partial charge < -0.3 is 32.7 Å². The van der Waals surface area contributed by atoms with E-state index in [0.717, 1.165) is 42.3 Å². The van der Waals surface area contributed by atoms with Crippen LogP contribution in [0.25, 0.3) is 0 Å². The zero-order valence-electron chi connectivity index (χ0n) is 32.3. The normalized spacial score (nSPS) is 14.2. The third kappa shape index (κ3) is 32.1. The molecule has 2 aliphatic rings. The Labute approximate surface area is 358 Å². The third-order valence-electron chi connectivity index (χ3n) is 5.58. The predicted molar refractivity (Wildman–Crippen MR) is 204 cm³/mol. The molecule has 0 bridgehead atoms. The van der Waals surface area contributed by atoms with Gasteiger partial charge in [0.25, 0.3) is 0 Å². The van der Waals surface area contributed by atoms with Crippen molar-refractivity contribution in [3.8, 4) is 0 Å². The summed E-state index contributed by atoms with van der Waals surface area (Å²) in [5.74, 6) is 0. The zero-order chi connectivity index (χ0) is 43.9. The molecule has 0 unspecified atom stereocenters. The van der Waals surface area contributed by atoms with Crippen LogP contribution in [-0.4, -0.2) is 80.0 Å². The van der Waals surface area contributed by atoms with Gasteiger partial charge in [-0.25, -0.2) is 16.8 Å². The first kappa shape index (κ1) is 59.9. The topological polar surface area (TPSA) is 196 Å². The molecule has 23 heteroatoms. The summed E-state index contributed by atoms with van der Waals surface area (Å²) in [6.45, 7) is 14.6. The molecule has 3 aromatic rings. The fourth-order valence-corrected chi connectivity index (χ4v) is 6.05. The number of hydrogen-bond acceptors (Lipinski definition) is 11. The Morgan fingerprint density at radius 3 is 0.772 bits per heavy atom. The smallest absolute Gasteiger partial charge is 0.859 e. The molecule has 2 saturated heterocycles. The van der Waals surface area contributed by atoms with E-state index in [1.807, 2.05) is 91.0 Å². The molecule has 0 amide bonds. The van der Waals surface area contributed by atoms with Crippen LogP contribution in [0.3, 0.4) is 0 Å². The minimum absolute atomic E-state index is 0. The van der Waals surface area contributed by atoms with Gasteiger partial charge in [-0.3, -0.25) is 0 Å². The average Bonchev–Trinajstić information content (AvgIpc) is 3.84. The maximum absolute atomic E-state index is 13.8. The Morgan fingerprint density at radius 1 is 0.509 bits per heavy atom. The fourth-order valence-electron chi connectivity index (χ4n) is 3.38. The summed E-state index contributed by atoms with van der Waals surface area (Å²) >= 11 is 0. The average molecular weight is 1140 g/mol. The van der Waals surface area contributed by atoms with Gasteiger partial charge in [0, 0.05) is 42.3 Å². The van der Waals surface area contributed by atoms with Gasteiger partial charge in [0.05, 0.1) is 0 Å². The van der Waals surface area contributed by atoms with E-state index in [4.69, 9.17) is 35.4 Å². The molecule has 0 saturated carbocycles. The zero-order valence-corrected chi connectivity index (χ0v) is 41.0. The Hall–Kier alpha value is -1.38. The molecule has 0 aromatic heterocycles. The van der Waals surface area contributed by atoms with E-state index in [1.54, 1.807) is 39.3 Å². The van der Waals surface area contributed by atoms with Gasteiger partial charge in [-0.2, -0.15) is 26.3 Å². The second-order valence-electron chi connectivity index (χ2n) is 13.3. The minimum atomic E-state index is -6.09. The van der Waals surface area contributed by atoms with Crippen molar-refractivity contribution in [2.75, 3.05) is 26.4 Å². The quantitative estimate of drug-likeness (QED) is 0.107. The molecule has 11 nitrogen and oxygen atoms in total. The van der Waals surface area contributed by atoms with Crippen LogP contribution in [0.15, 0.2) is 91.0 Å². The number of alkyl halides is 6. The Kier molecular flexibility index (Phi) is 29.6. The molecule has 0 aliphatic carbocycles. The van der Waals surface area contributed by atoms with Gasteiger partial charge in [-0.05, 0) is 25.7 Å². The summed E-state index contributed by atoms with van der Waals surface area (Å²) < 4.78 is 142. The maximum Gasteiger partial charge on any atom is 4.00 e. The molecular formula is C34H49F6O11PS2Si2U. The molecular weight excluding hydrogens is 1090 g/mol. The van der Waals surface area contributed by atoms with Gasteiger partial charge in [0.1, 0.15) is 0 Å². The molecule has 2 fully saturated rings. The van der Waals surface area contributed by atoms with Crippen molar-refractivity contribution in [3.63, 3.8) is 0 Å². The number of ether oxygens (including phenoxy) is 2. The molecule has 0 atom stereocenters. The van der Waals surface area contributed by atoms with Gasteiger partial charge >= 0.3 is 42.1 Å². The van der Waals surface area contributed by atoms with Crippen LogP contribution in [0.1, 0.15) is 25.7 Å². The van der Waals surface area contributed by atoms with Gasteiger partial charge in [-0.15, -0.1) is 0 Å². The first-order valence-corrected chi connectivity index (χ1v) is 28.0. The van der Waals surface area contributed by atoms with Crippen molar-refractivity contribution in [1.29, 1.82) is 0 Å². The number of rotatable bonds is 3. The van der Waals surface area contributed by atoms with Crippen molar-refractivity contribution in [2.24, 2.45) is 0 Å². The predicted octanol–water partition coefficient (Wildman–Crippen LogP) is 5.39. The van der Waals surface area contributed by atoms with Crippen LogP contribution >= 0.6 is 7.14 Å². The second-order valence-corrected chi connectivity index (χ2v) is 27.2. The summed E-state index contributed by atoms with van der Waals surface area (Å²) in [4.78, 5) is 20.5. The maximum atomic E-state index is 13.8. The number of halogens is 6. The van der Waals surface area contributed by atoms with Crippen LogP contribution in [0.4, 0.5) is 26.3 Å². The first-order chi connectivity index (χ1) is 25.3. The molecule has 2 heterocycles. The van der Waals surface area contributed by atoms with E-state index in [0.29, 0.717) is 0 Å². The Balaban J connectivity index is -0.000000662. The van der Waals surface area contributed by atoms with E-state index < -0.39 is 55.0 Å². The van der Waals surface area contributed by atoms with Gasteiger partial charge in [0.2, 0.25) is 0 Å². The summed E-state index contributed by atoms with van der Waals surface area (Å²) in [5.41, 5.74) is -11.3. The van der Waals surface area contributed by atoms with E-state index in [2.05, 4.69) is 0 Å². The van der Waals surface area contributed by atoms with Crippen LogP contribution in [0.5, 0.6) is 0 Å². The first-order valence-electron chi connectivity index (χ1n) is 16.7. The monoisotopic (exact) mass is 1140 g/mol. The van der Waals surface area contributed by atoms with Gasteiger partial charge in [-0.1, -0.05) is 147 Å².